The van der Waals surface area contributed by atoms with E-state index >= 15 is 0 Å². The second kappa shape index (κ2) is 6.53. The van der Waals surface area contributed by atoms with Crippen molar-refractivity contribution in [3.8, 4) is 0 Å². The Balaban J connectivity index is 1.99. The lowest BCUT2D eigenvalue weighted by atomic mass is 9.78. The second-order valence-corrected chi connectivity index (χ2v) is 6.32. The fraction of sp³-hybridized carbons (Fsp3) is 1.00. The zero-order valence-corrected chi connectivity index (χ0v) is 12.7. The Morgan fingerprint density at radius 3 is 2.79 bits per heavy atom. The van der Waals surface area contributed by atoms with Gasteiger partial charge in [-0.3, -0.25) is 4.90 Å². The van der Waals surface area contributed by atoms with Crippen molar-refractivity contribution in [1.82, 2.24) is 10.2 Å². The molecule has 0 spiro atoms. The molecule has 4 atom stereocenters. The third-order valence-corrected chi connectivity index (χ3v) is 5.11. The minimum atomic E-state index is -0.0609. The Hall–Kier alpha value is -0.160. The summed E-state index contributed by atoms with van der Waals surface area (Å²) < 4.78 is 5.70. The van der Waals surface area contributed by atoms with Gasteiger partial charge in [-0.25, -0.2) is 0 Å². The van der Waals surface area contributed by atoms with E-state index in [2.05, 4.69) is 31.1 Å². The number of hydrogen-bond acceptors (Lipinski definition) is 4. The van der Waals surface area contributed by atoms with Crippen molar-refractivity contribution in [2.45, 2.75) is 69.7 Å². The molecule has 112 valence electrons. The summed E-state index contributed by atoms with van der Waals surface area (Å²) in [6, 6.07) is 1.11. The number of aliphatic hydroxyl groups excluding tert-OH is 1. The molecular weight excluding hydrogens is 240 g/mol. The molecule has 1 aliphatic heterocycles. The van der Waals surface area contributed by atoms with E-state index in [-0.39, 0.29) is 12.1 Å². The van der Waals surface area contributed by atoms with Crippen LogP contribution >= 0.6 is 0 Å². The maximum Gasteiger partial charge on any atom is 0.0703 e. The van der Waals surface area contributed by atoms with Gasteiger partial charge in [0.25, 0.3) is 0 Å². The maximum absolute atomic E-state index is 9.78. The van der Waals surface area contributed by atoms with E-state index in [1.807, 2.05) is 0 Å². The van der Waals surface area contributed by atoms with Gasteiger partial charge in [-0.1, -0.05) is 6.92 Å². The Morgan fingerprint density at radius 2 is 2.21 bits per heavy atom. The van der Waals surface area contributed by atoms with Crippen molar-refractivity contribution in [3.05, 3.63) is 0 Å². The molecule has 4 nitrogen and oxygen atoms in total. The summed E-state index contributed by atoms with van der Waals surface area (Å²) in [6.07, 6.45) is 6.07. The second-order valence-electron chi connectivity index (χ2n) is 6.32. The topological polar surface area (TPSA) is 44.7 Å². The highest BCUT2D eigenvalue weighted by Crippen LogP contribution is 2.33. The molecule has 0 amide bonds. The zero-order valence-electron chi connectivity index (χ0n) is 12.7. The Morgan fingerprint density at radius 1 is 1.42 bits per heavy atom. The average molecular weight is 270 g/mol. The quantitative estimate of drug-likeness (QED) is 0.792. The molecule has 1 saturated carbocycles. The molecule has 1 heterocycles. The summed E-state index contributed by atoms with van der Waals surface area (Å²) >= 11 is 0. The smallest absolute Gasteiger partial charge is 0.0703 e. The van der Waals surface area contributed by atoms with Gasteiger partial charge in [-0.05, 0) is 52.6 Å². The molecule has 0 aromatic carbocycles. The standard InChI is InChI=1S/C15H30N2O2/c1-4-16-15(11-18)8-5-6-13(10-15)17(3)14-7-9-19-12(14)2/h12-14,16,18H,4-11H2,1-3H3. The number of likely N-dealkylation sites (N-methyl/N-ethyl adjacent to an activating group) is 2. The number of nitrogens with zero attached hydrogens (tertiary/aromatic N) is 1. The lowest BCUT2D eigenvalue weighted by Crippen LogP contribution is -2.57. The van der Waals surface area contributed by atoms with Crippen LogP contribution in [0.5, 0.6) is 0 Å². The number of rotatable bonds is 5. The van der Waals surface area contributed by atoms with Gasteiger partial charge >= 0.3 is 0 Å². The van der Waals surface area contributed by atoms with Crippen LogP contribution in [0.25, 0.3) is 0 Å². The van der Waals surface area contributed by atoms with Gasteiger partial charge in [-0.2, -0.15) is 0 Å². The first-order chi connectivity index (χ1) is 9.12. The van der Waals surface area contributed by atoms with Crippen LogP contribution in [0, 0.1) is 0 Å². The summed E-state index contributed by atoms with van der Waals surface area (Å²) in [5.41, 5.74) is -0.0609. The van der Waals surface area contributed by atoms with Crippen LogP contribution < -0.4 is 5.32 Å². The summed E-state index contributed by atoms with van der Waals surface area (Å²) in [6.45, 7) is 6.38. The Bertz CT molecular complexity index is 283. The lowest BCUT2D eigenvalue weighted by molar-refractivity contribution is 0.0280. The molecule has 1 saturated heterocycles. The monoisotopic (exact) mass is 270 g/mol. The van der Waals surface area contributed by atoms with E-state index in [1.165, 1.54) is 12.8 Å². The van der Waals surface area contributed by atoms with Crippen molar-refractivity contribution in [2.24, 2.45) is 0 Å². The molecule has 19 heavy (non-hydrogen) atoms. The van der Waals surface area contributed by atoms with E-state index in [9.17, 15) is 5.11 Å². The van der Waals surface area contributed by atoms with Gasteiger partial charge in [0.15, 0.2) is 0 Å². The van der Waals surface area contributed by atoms with Gasteiger partial charge < -0.3 is 15.2 Å². The number of hydrogen-bond donors (Lipinski definition) is 2. The molecule has 0 aromatic heterocycles. The van der Waals surface area contributed by atoms with Crippen molar-refractivity contribution in [1.29, 1.82) is 0 Å². The van der Waals surface area contributed by atoms with Crippen LogP contribution in [0.1, 0.15) is 46.0 Å². The largest absolute Gasteiger partial charge is 0.394 e. The molecule has 0 aromatic rings. The molecule has 4 unspecified atom stereocenters. The zero-order chi connectivity index (χ0) is 13.9. The molecule has 1 aliphatic carbocycles. The van der Waals surface area contributed by atoms with Crippen LogP contribution in [0.3, 0.4) is 0 Å². The van der Waals surface area contributed by atoms with Gasteiger partial charge in [0.05, 0.1) is 12.7 Å². The van der Waals surface area contributed by atoms with E-state index < -0.39 is 0 Å². The predicted octanol–water partition coefficient (Wildman–Crippen LogP) is 1.38. The highest BCUT2D eigenvalue weighted by Gasteiger charge is 2.39. The van der Waals surface area contributed by atoms with Crippen LogP contribution in [0.2, 0.25) is 0 Å². The first-order valence-corrected chi connectivity index (χ1v) is 7.81. The van der Waals surface area contributed by atoms with Crippen molar-refractivity contribution >= 4 is 0 Å². The number of ether oxygens (including phenoxy) is 1. The van der Waals surface area contributed by atoms with Gasteiger partial charge in [0.1, 0.15) is 0 Å². The molecule has 0 radical (unpaired) electrons. The van der Waals surface area contributed by atoms with Crippen molar-refractivity contribution < 1.29 is 9.84 Å². The lowest BCUT2D eigenvalue weighted by Gasteiger charge is -2.45. The van der Waals surface area contributed by atoms with Crippen molar-refractivity contribution in [3.63, 3.8) is 0 Å². The highest BCUT2D eigenvalue weighted by atomic mass is 16.5. The highest BCUT2D eigenvalue weighted by molar-refractivity contribution is 4.97. The fourth-order valence-electron chi connectivity index (χ4n) is 3.94. The van der Waals surface area contributed by atoms with E-state index in [0.29, 0.717) is 18.2 Å². The van der Waals surface area contributed by atoms with Crippen LogP contribution in [-0.2, 0) is 4.74 Å². The minimum absolute atomic E-state index is 0.0609. The third-order valence-electron chi connectivity index (χ3n) is 5.11. The third kappa shape index (κ3) is 3.30. The predicted molar refractivity (Wildman–Crippen MR) is 77.3 cm³/mol. The SMILES string of the molecule is CCNC1(CO)CCCC(N(C)C2CCOC2C)C1. The van der Waals surface area contributed by atoms with Crippen LogP contribution in [-0.4, -0.2) is 60.5 Å². The minimum Gasteiger partial charge on any atom is -0.394 e. The van der Waals surface area contributed by atoms with Crippen LogP contribution in [0.15, 0.2) is 0 Å². The first kappa shape index (κ1) is 15.2. The molecule has 2 N–H and O–H groups in total. The maximum atomic E-state index is 9.78. The summed E-state index contributed by atoms with van der Waals surface area (Å²) in [5, 5.41) is 13.3. The molecule has 2 fully saturated rings. The normalized spacial score (nSPS) is 39.9. The Kier molecular flexibility index (Phi) is 5.23. The molecule has 2 rings (SSSR count). The summed E-state index contributed by atoms with van der Waals surface area (Å²) in [4.78, 5) is 2.51. The molecular formula is C15H30N2O2. The average Bonchev–Trinajstić information content (AvgIpc) is 2.85. The van der Waals surface area contributed by atoms with Crippen molar-refractivity contribution in [2.75, 3.05) is 26.8 Å². The summed E-state index contributed by atoms with van der Waals surface area (Å²) in [7, 11) is 2.24. The van der Waals surface area contributed by atoms with Gasteiger partial charge in [-0.15, -0.1) is 0 Å². The first-order valence-electron chi connectivity index (χ1n) is 7.81. The van der Waals surface area contributed by atoms with Gasteiger partial charge in [0.2, 0.25) is 0 Å². The molecule has 0 bridgehead atoms. The fourth-order valence-corrected chi connectivity index (χ4v) is 3.94. The molecule has 2 aliphatic rings. The van der Waals surface area contributed by atoms with Gasteiger partial charge in [0, 0.05) is 24.2 Å². The van der Waals surface area contributed by atoms with E-state index in [0.717, 1.165) is 32.4 Å². The molecule has 4 heteroatoms. The number of nitrogens with one attached hydrogen (secondary N) is 1. The number of aliphatic hydroxyl groups is 1. The van der Waals surface area contributed by atoms with Crippen LogP contribution in [0.4, 0.5) is 0 Å². The van der Waals surface area contributed by atoms with E-state index in [4.69, 9.17) is 4.74 Å². The summed E-state index contributed by atoms with van der Waals surface area (Å²) in [5.74, 6) is 0. The van der Waals surface area contributed by atoms with E-state index in [1.54, 1.807) is 0 Å². The Labute approximate surface area is 117 Å².